The van der Waals surface area contributed by atoms with Gasteiger partial charge in [0.1, 0.15) is 12.4 Å². The standard InChI is InChI=1S/C28H35N7O4/c1-2-25(36)33-9-11-34(12-10-33)26-21-8-7-20(35-24-6-4-3-5-22(24)30-28(35)37)19-23(21)29-27(31-26)39-18-15-32-13-16-38-17-14-32/h2-6,20H,1,7-19H2,(H,30,37). The predicted octanol–water partition coefficient (Wildman–Crippen LogP) is 1.40. The van der Waals surface area contributed by atoms with Gasteiger partial charge in [-0.2, -0.15) is 9.97 Å². The van der Waals surface area contributed by atoms with E-state index in [9.17, 15) is 9.59 Å². The third-order valence-electron chi connectivity index (χ3n) is 8.00. The number of anilines is 1. The summed E-state index contributed by atoms with van der Waals surface area (Å²) in [7, 11) is 0. The number of amides is 1. The zero-order chi connectivity index (χ0) is 26.8. The molecule has 3 aromatic rings. The highest BCUT2D eigenvalue weighted by Crippen LogP contribution is 2.35. The topological polar surface area (TPSA) is 109 Å². The molecule has 2 aromatic heterocycles. The van der Waals surface area contributed by atoms with Gasteiger partial charge in [0.2, 0.25) is 5.91 Å². The Hall–Kier alpha value is -3.70. The summed E-state index contributed by atoms with van der Waals surface area (Å²) >= 11 is 0. The van der Waals surface area contributed by atoms with Gasteiger partial charge < -0.3 is 24.3 Å². The number of aromatic nitrogens is 4. The molecule has 0 spiro atoms. The van der Waals surface area contributed by atoms with Crippen LogP contribution < -0.4 is 15.3 Å². The number of rotatable bonds is 7. The van der Waals surface area contributed by atoms with E-state index < -0.39 is 0 Å². The molecule has 2 fully saturated rings. The molecule has 4 heterocycles. The quantitative estimate of drug-likeness (QED) is 0.454. The second-order valence-electron chi connectivity index (χ2n) is 10.3. The fourth-order valence-electron chi connectivity index (χ4n) is 5.90. The van der Waals surface area contributed by atoms with E-state index in [4.69, 9.17) is 19.4 Å². The van der Waals surface area contributed by atoms with Crippen molar-refractivity contribution >= 4 is 22.8 Å². The van der Waals surface area contributed by atoms with Crippen molar-refractivity contribution in [3.8, 4) is 6.01 Å². The number of hydrogen-bond acceptors (Lipinski definition) is 8. The Labute approximate surface area is 227 Å². The first-order valence-corrected chi connectivity index (χ1v) is 13.8. The number of imidazole rings is 1. The first-order chi connectivity index (χ1) is 19.1. The predicted molar refractivity (Wildman–Crippen MR) is 147 cm³/mol. The number of hydrogen-bond donors (Lipinski definition) is 1. The molecule has 0 saturated carbocycles. The maximum absolute atomic E-state index is 12.9. The second-order valence-corrected chi connectivity index (χ2v) is 10.3. The number of fused-ring (bicyclic) bond motifs is 2. The number of benzene rings is 1. The minimum atomic E-state index is -0.0936. The lowest BCUT2D eigenvalue weighted by molar-refractivity contribution is -0.126. The Morgan fingerprint density at radius 2 is 1.92 bits per heavy atom. The molecule has 3 aliphatic rings. The monoisotopic (exact) mass is 533 g/mol. The van der Waals surface area contributed by atoms with E-state index in [0.29, 0.717) is 45.2 Å². The Kier molecular flexibility index (Phi) is 7.34. The summed E-state index contributed by atoms with van der Waals surface area (Å²) < 4.78 is 13.4. The molecule has 1 N–H and O–H groups in total. The summed E-state index contributed by atoms with van der Waals surface area (Å²) in [4.78, 5) is 44.2. The first-order valence-electron chi connectivity index (χ1n) is 13.8. The van der Waals surface area contributed by atoms with Gasteiger partial charge in [-0.05, 0) is 31.1 Å². The van der Waals surface area contributed by atoms with Crippen LogP contribution in [0, 0.1) is 0 Å². The van der Waals surface area contributed by atoms with Gasteiger partial charge in [0.05, 0.1) is 29.9 Å². The molecule has 1 aliphatic carbocycles. The maximum atomic E-state index is 12.9. The number of piperazine rings is 1. The van der Waals surface area contributed by atoms with Crippen LogP contribution in [-0.2, 0) is 22.4 Å². The van der Waals surface area contributed by atoms with E-state index in [2.05, 4.69) is 21.4 Å². The highest BCUT2D eigenvalue weighted by molar-refractivity contribution is 5.87. The van der Waals surface area contributed by atoms with Crippen LogP contribution in [0.4, 0.5) is 5.82 Å². The number of carbonyl (C=O) groups is 1. The van der Waals surface area contributed by atoms with Gasteiger partial charge in [0, 0.05) is 63.8 Å². The van der Waals surface area contributed by atoms with E-state index in [1.165, 1.54) is 6.08 Å². The van der Waals surface area contributed by atoms with E-state index in [-0.39, 0.29) is 17.6 Å². The molecule has 11 nitrogen and oxygen atoms in total. The average molecular weight is 534 g/mol. The lowest BCUT2D eigenvalue weighted by Crippen LogP contribution is -2.49. The molecule has 1 unspecified atom stereocenters. The van der Waals surface area contributed by atoms with Crippen LogP contribution in [0.1, 0.15) is 23.7 Å². The lowest BCUT2D eigenvalue weighted by atomic mass is 9.91. The maximum Gasteiger partial charge on any atom is 0.326 e. The van der Waals surface area contributed by atoms with Crippen LogP contribution in [0.3, 0.4) is 0 Å². The Balaban J connectivity index is 1.26. The highest BCUT2D eigenvalue weighted by atomic mass is 16.5. The first kappa shape index (κ1) is 25.6. The third kappa shape index (κ3) is 5.28. The summed E-state index contributed by atoms with van der Waals surface area (Å²) in [6, 6.07) is 8.17. The van der Waals surface area contributed by atoms with Crippen molar-refractivity contribution in [1.29, 1.82) is 0 Å². The summed E-state index contributed by atoms with van der Waals surface area (Å²) in [6.07, 6.45) is 3.58. The molecule has 1 atom stereocenters. The molecular weight excluding hydrogens is 498 g/mol. The molecule has 0 radical (unpaired) electrons. The minimum absolute atomic E-state index is 0.00726. The van der Waals surface area contributed by atoms with Crippen molar-refractivity contribution in [3.05, 3.63) is 58.7 Å². The van der Waals surface area contributed by atoms with Gasteiger partial charge in [-0.1, -0.05) is 18.7 Å². The summed E-state index contributed by atoms with van der Waals surface area (Å²) in [5.41, 5.74) is 3.71. The van der Waals surface area contributed by atoms with Gasteiger partial charge in [0.15, 0.2) is 0 Å². The minimum Gasteiger partial charge on any atom is -0.462 e. The third-order valence-corrected chi connectivity index (χ3v) is 8.00. The van der Waals surface area contributed by atoms with Crippen molar-refractivity contribution in [2.75, 3.05) is 70.5 Å². The molecule has 39 heavy (non-hydrogen) atoms. The molecule has 6 rings (SSSR count). The molecule has 2 saturated heterocycles. The number of morpholine rings is 1. The fraction of sp³-hybridized carbons (Fsp3) is 0.500. The molecule has 0 bridgehead atoms. The summed E-state index contributed by atoms with van der Waals surface area (Å²) in [5, 5.41) is 0. The number of nitrogens with one attached hydrogen (secondary N) is 1. The van der Waals surface area contributed by atoms with Crippen molar-refractivity contribution in [2.24, 2.45) is 0 Å². The van der Waals surface area contributed by atoms with Gasteiger partial charge >= 0.3 is 11.7 Å². The summed E-state index contributed by atoms with van der Waals surface area (Å²) in [6.45, 7) is 10.8. The Morgan fingerprint density at radius 3 is 2.72 bits per heavy atom. The van der Waals surface area contributed by atoms with Crippen molar-refractivity contribution < 1.29 is 14.3 Å². The van der Waals surface area contributed by atoms with E-state index >= 15 is 0 Å². The van der Waals surface area contributed by atoms with Gasteiger partial charge in [-0.25, -0.2) is 4.79 Å². The van der Waals surface area contributed by atoms with E-state index in [1.54, 1.807) is 0 Å². The largest absolute Gasteiger partial charge is 0.462 e. The van der Waals surface area contributed by atoms with Crippen molar-refractivity contribution in [1.82, 2.24) is 29.3 Å². The van der Waals surface area contributed by atoms with E-state index in [0.717, 1.165) is 73.8 Å². The SMILES string of the molecule is C=CC(=O)N1CCN(c2nc(OCCN3CCOCC3)nc3c2CCC(n2c(=O)[nH]c4ccccc42)C3)CC1. The van der Waals surface area contributed by atoms with Crippen LogP contribution in [0.2, 0.25) is 0 Å². The van der Waals surface area contributed by atoms with Gasteiger partial charge in [-0.15, -0.1) is 0 Å². The molecule has 206 valence electrons. The van der Waals surface area contributed by atoms with Gasteiger partial charge in [0.25, 0.3) is 0 Å². The lowest BCUT2D eigenvalue weighted by Gasteiger charge is -2.37. The molecule has 11 heteroatoms. The van der Waals surface area contributed by atoms with Crippen LogP contribution in [-0.4, -0.2) is 101 Å². The van der Waals surface area contributed by atoms with Crippen molar-refractivity contribution in [2.45, 2.75) is 25.3 Å². The summed E-state index contributed by atoms with van der Waals surface area (Å²) in [5.74, 6) is 0.843. The highest BCUT2D eigenvalue weighted by Gasteiger charge is 2.31. The Morgan fingerprint density at radius 1 is 1.13 bits per heavy atom. The smallest absolute Gasteiger partial charge is 0.326 e. The number of para-hydroxylation sites is 2. The number of carbonyl (C=O) groups excluding carboxylic acids is 1. The molecular formula is C28H35N7O4. The fourth-order valence-corrected chi connectivity index (χ4v) is 5.90. The number of nitrogens with zero attached hydrogens (tertiary/aromatic N) is 6. The average Bonchev–Trinajstić information content (AvgIpc) is 3.32. The number of ether oxygens (including phenoxy) is 2. The van der Waals surface area contributed by atoms with Crippen LogP contribution in [0.5, 0.6) is 6.01 Å². The number of H-pyrrole nitrogens is 1. The zero-order valence-corrected chi connectivity index (χ0v) is 22.2. The normalized spacial score (nSPS) is 20.2. The zero-order valence-electron chi connectivity index (χ0n) is 22.2. The number of aromatic amines is 1. The second kappa shape index (κ2) is 11.2. The molecule has 2 aliphatic heterocycles. The van der Waals surface area contributed by atoms with Crippen LogP contribution in [0.25, 0.3) is 11.0 Å². The van der Waals surface area contributed by atoms with Gasteiger partial charge in [-0.3, -0.25) is 14.3 Å². The molecule has 1 amide bonds. The van der Waals surface area contributed by atoms with Crippen LogP contribution in [0.15, 0.2) is 41.7 Å². The van der Waals surface area contributed by atoms with Crippen LogP contribution >= 0.6 is 0 Å². The molecule has 1 aromatic carbocycles. The van der Waals surface area contributed by atoms with Crippen molar-refractivity contribution in [3.63, 3.8) is 0 Å². The Bertz CT molecular complexity index is 1400. The van der Waals surface area contributed by atoms with E-state index in [1.807, 2.05) is 33.7 Å².